The first-order valence-electron chi connectivity index (χ1n) is 15.9. The van der Waals surface area contributed by atoms with E-state index in [0.29, 0.717) is 60.2 Å². The van der Waals surface area contributed by atoms with Crippen molar-refractivity contribution in [3.05, 3.63) is 91.8 Å². The van der Waals surface area contributed by atoms with Gasteiger partial charge >= 0.3 is 6.03 Å². The Labute approximate surface area is 277 Å². The largest absolute Gasteiger partial charge is 0.379 e. The van der Waals surface area contributed by atoms with Crippen LogP contribution in [-0.2, 0) is 18.4 Å². The monoisotopic (exact) mass is 689 g/mol. The molecule has 1 aromatic heterocycles. The van der Waals surface area contributed by atoms with Crippen LogP contribution in [0, 0.1) is 0 Å². The van der Waals surface area contributed by atoms with Crippen molar-refractivity contribution in [2.24, 2.45) is 7.05 Å². The van der Waals surface area contributed by atoms with Gasteiger partial charge in [0.05, 0.1) is 11.9 Å². The van der Waals surface area contributed by atoms with Crippen LogP contribution >= 0.6 is 15.9 Å². The van der Waals surface area contributed by atoms with E-state index in [0.717, 1.165) is 37.9 Å². The van der Waals surface area contributed by atoms with Gasteiger partial charge in [0.15, 0.2) is 0 Å². The molecular formula is C34H40BrN7O4. The molecule has 4 amide bonds. The van der Waals surface area contributed by atoms with Gasteiger partial charge in [0.2, 0.25) is 5.91 Å². The molecule has 11 nitrogen and oxygen atoms in total. The number of urea groups is 1. The minimum atomic E-state index is -0.333. The highest BCUT2D eigenvalue weighted by atomic mass is 79.9. The van der Waals surface area contributed by atoms with Crippen molar-refractivity contribution in [3.63, 3.8) is 0 Å². The number of hydrogen-bond acceptors (Lipinski definition) is 7. The van der Waals surface area contributed by atoms with Crippen molar-refractivity contribution in [2.75, 3.05) is 45.1 Å². The summed E-state index contributed by atoms with van der Waals surface area (Å²) in [5.74, 6) is 0.528. The number of nitrogens with one attached hydrogen (secondary N) is 2. The van der Waals surface area contributed by atoms with Gasteiger partial charge in [-0.05, 0) is 82.9 Å². The normalized spacial score (nSPS) is 21.3. The molecule has 4 heterocycles. The van der Waals surface area contributed by atoms with Gasteiger partial charge in [-0.2, -0.15) is 5.10 Å². The van der Waals surface area contributed by atoms with E-state index in [9.17, 15) is 19.2 Å². The van der Waals surface area contributed by atoms with Crippen molar-refractivity contribution in [1.29, 1.82) is 0 Å². The van der Waals surface area contributed by atoms with Crippen molar-refractivity contribution in [3.8, 4) is 0 Å². The number of rotatable bonds is 7. The zero-order valence-corrected chi connectivity index (χ0v) is 27.8. The lowest BCUT2D eigenvalue weighted by molar-refractivity contribution is -0.121. The molecule has 0 saturated carbocycles. The smallest absolute Gasteiger partial charge is 0.324 e. The Morgan fingerprint density at radius 3 is 2.30 bits per heavy atom. The van der Waals surface area contributed by atoms with E-state index >= 15 is 0 Å². The molecule has 3 aromatic rings. The summed E-state index contributed by atoms with van der Waals surface area (Å²) in [6.45, 7) is 4.12. The van der Waals surface area contributed by atoms with Crippen molar-refractivity contribution in [1.82, 2.24) is 29.8 Å². The average Bonchev–Trinajstić information content (AvgIpc) is 3.06. The molecule has 0 radical (unpaired) electrons. The number of benzene rings is 2. The molecule has 0 bridgehead atoms. The van der Waals surface area contributed by atoms with E-state index in [1.54, 1.807) is 18.1 Å². The second kappa shape index (κ2) is 13.8. The molecule has 3 aliphatic rings. The van der Waals surface area contributed by atoms with Crippen LogP contribution in [0.2, 0.25) is 0 Å². The van der Waals surface area contributed by atoms with Crippen LogP contribution in [0.15, 0.2) is 64.0 Å². The number of nitrogens with zero attached hydrogens (tertiary/aromatic N) is 5. The summed E-state index contributed by atoms with van der Waals surface area (Å²) in [6.07, 6.45) is 4.73. The second-order valence-corrected chi connectivity index (χ2v) is 13.5. The van der Waals surface area contributed by atoms with Crippen LogP contribution in [0.3, 0.4) is 0 Å². The number of aryl methyl sites for hydroxylation is 1. The molecule has 2 N–H and O–H groups in total. The number of carbonyl (C=O) groups is 3. The molecule has 12 heteroatoms. The number of imide groups is 1. The van der Waals surface area contributed by atoms with Gasteiger partial charge in [-0.25, -0.2) is 9.48 Å². The van der Waals surface area contributed by atoms with E-state index < -0.39 is 0 Å². The lowest BCUT2D eigenvalue weighted by Crippen LogP contribution is -2.48. The fourth-order valence-electron chi connectivity index (χ4n) is 6.86. The fourth-order valence-corrected chi connectivity index (χ4v) is 7.33. The van der Waals surface area contributed by atoms with Crippen LogP contribution in [0.5, 0.6) is 0 Å². The summed E-state index contributed by atoms with van der Waals surface area (Å²) in [5, 5.41) is 10.0. The van der Waals surface area contributed by atoms with Crippen LogP contribution in [0.25, 0.3) is 0 Å². The number of hydrogen-bond donors (Lipinski definition) is 2. The van der Waals surface area contributed by atoms with Gasteiger partial charge in [-0.15, -0.1) is 0 Å². The maximum absolute atomic E-state index is 13.4. The predicted octanol–water partition coefficient (Wildman–Crippen LogP) is 3.90. The molecule has 0 aliphatic carbocycles. The number of amides is 4. The minimum Gasteiger partial charge on any atom is -0.379 e. The molecule has 2 aromatic carbocycles. The van der Waals surface area contributed by atoms with Crippen molar-refractivity contribution < 1.29 is 14.4 Å². The Balaban J connectivity index is 1.01. The summed E-state index contributed by atoms with van der Waals surface area (Å²) in [7, 11) is 3.74. The van der Waals surface area contributed by atoms with Crippen LogP contribution < -0.4 is 16.2 Å². The molecule has 242 valence electrons. The fraction of sp³-hybridized carbons (Fsp3) is 0.441. The summed E-state index contributed by atoms with van der Waals surface area (Å²) in [6, 6.07) is 16.3. The van der Waals surface area contributed by atoms with Crippen molar-refractivity contribution in [2.45, 2.75) is 50.1 Å². The van der Waals surface area contributed by atoms with E-state index in [1.807, 2.05) is 17.0 Å². The molecule has 0 unspecified atom stereocenters. The standard InChI is InChI=1S/C34H40BrN7O4/c1-39-20-27(17-28(21-39)37-29-18-36-40(2)33(45)31(29)35)24-7-9-26(10-8-24)32(44)41-14-11-25(12-15-41)23-5-3-22(4-6-23)19-42-16-13-30(43)38-34(42)46/h3-10,18,25,27-28,37H,11-17,19-21H2,1-2H3,(H,38,43,46)/t27-,28+/m1/s1. The van der Waals surface area contributed by atoms with Gasteiger partial charge in [0.25, 0.3) is 11.5 Å². The Hall–Kier alpha value is -4.03. The lowest BCUT2D eigenvalue weighted by atomic mass is 9.87. The molecule has 3 aliphatic heterocycles. The van der Waals surface area contributed by atoms with Crippen LogP contribution in [0.4, 0.5) is 10.5 Å². The molecule has 3 saturated heterocycles. The van der Waals surface area contributed by atoms with Gasteiger partial charge < -0.3 is 20.0 Å². The number of halogens is 1. The van der Waals surface area contributed by atoms with E-state index in [1.165, 1.54) is 15.8 Å². The summed E-state index contributed by atoms with van der Waals surface area (Å²) in [5.41, 5.74) is 4.72. The van der Waals surface area contributed by atoms with Gasteiger partial charge in [-0.3, -0.25) is 19.7 Å². The number of likely N-dealkylation sites (tertiary alicyclic amines) is 2. The van der Waals surface area contributed by atoms with Crippen molar-refractivity contribution >= 4 is 39.5 Å². The first-order chi connectivity index (χ1) is 22.1. The summed E-state index contributed by atoms with van der Waals surface area (Å²) in [4.78, 5) is 55.1. The Morgan fingerprint density at radius 2 is 1.61 bits per heavy atom. The summed E-state index contributed by atoms with van der Waals surface area (Å²) >= 11 is 3.42. The zero-order valence-electron chi connectivity index (χ0n) is 26.2. The molecule has 46 heavy (non-hydrogen) atoms. The highest BCUT2D eigenvalue weighted by molar-refractivity contribution is 9.10. The first-order valence-corrected chi connectivity index (χ1v) is 16.7. The number of anilines is 1. The van der Waals surface area contributed by atoms with Gasteiger partial charge in [-0.1, -0.05) is 36.4 Å². The van der Waals surface area contributed by atoms with E-state index in [-0.39, 0.29) is 29.4 Å². The highest BCUT2D eigenvalue weighted by Crippen LogP contribution is 2.31. The van der Waals surface area contributed by atoms with E-state index in [2.05, 4.69) is 80.0 Å². The second-order valence-electron chi connectivity index (χ2n) is 12.8. The number of carbonyl (C=O) groups excluding carboxylic acids is 3. The number of likely N-dealkylation sites (N-methyl/N-ethyl adjacent to an activating group) is 1. The average molecular weight is 691 g/mol. The third kappa shape index (κ3) is 7.18. The summed E-state index contributed by atoms with van der Waals surface area (Å²) < 4.78 is 1.79. The maximum Gasteiger partial charge on any atom is 0.324 e. The molecule has 2 atom stereocenters. The SMILES string of the molecule is CN1C[C@@H](Nc2cnn(C)c(=O)c2Br)C[C@@H](c2ccc(C(=O)N3CCC(c4ccc(CN5CCC(=O)NC5=O)cc4)CC3)cc2)C1. The Bertz CT molecular complexity index is 1650. The van der Waals surface area contributed by atoms with Crippen LogP contribution in [-0.4, -0.2) is 88.1 Å². The van der Waals surface area contributed by atoms with Gasteiger partial charge in [0.1, 0.15) is 4.47 Å². The minimum absolute atomic E-state index is 0.0713. The number of aromatic nitrogens is 2. The first kappa shape index (κ1) is 31.9. The molecule has 3 fully saturated rings. The third-order valence-corrected chi connectivity index (χ3v) is 10.2. The van der Waals surface area contributed by atoms with Gasteiger partial charge in [0, 0.05) is 64.3 Å². The molecule has 0 spiro atoms. The predicted molar refractivity (Wildman–Crippen MR) is 179 cm³/mol. The topological polar surface area (TPSA) is 120 Å². The number of piperidine rings is 2. The van der Waals surface area contributed by atoms with Crippen LogP contribution in [0.1, 0.15) is 64.6 Å². The quantitative estimate of drug-likeness (QED) is 0.386. The lowest BCUT2D eigenvalue weighted by Gasteiger charge is -2.37. The Morgan fingerprint density at radius 1 is 0.935 bits per heavy atom. The van der Waals surface area contributed by atoms with E-state index in [4.69, 9.17) is 0 Å². The maximum atomic E-state index is 13.4. The molecule has 6 rings (SSSR count). The third-order valence-electron chi connectivity index (χ3n) is 9.45. The molecular weight excluding hydrogens is 650 g/mol. The Kier molecular flexibility index (Phi) is 9.55. The highest BCUT2D eigenvalue weighted by Gasteiger charge is 2.29. The zero-order chi connectivity index (χ0) is 32.4.